The van der Waals surface area contributed by atoms with Gasteiger partial charge in [-0.05, 0) is 46.6 Å². The Labute approximate surface area is 126 Å². The van der Waals surface area contributed by atoms with Crippen molar-refractivity contribution < 1.29 is 18.7 Å². The molecule has 0 bridgehead atoms. The maximum absolute atomic E-state index is 13.2. The van der Waals surface area contributed by atoms with Crippen molar-refractivity contribution in [1.82, 2.24) is 4.57 Å². The number of nitrogens with zero attached hydrogens (tertiary/aromatic N) is 1. The summed E-state index contributed by atoms with van der Waals surface area (Å²) >= 11 is 3.18. The molecule has 7 heteroatoms. The molecule has 0 radical (unpaired) electrons. The Bertz CT molecular complexity index is 787. The molecular formula is C14H10BrF2NO3. The van der Waals surface area contributed by atoms with Crippen LogP contribution in [0.3, 0.4) is 0 Å². The fourth-order valence-corrected chi connectivity index (χ4v) is 2.33. The number of benzene rings is 1. The Morgan fingerprint density at radius 1 is 1.29 bits per heavy atom. The van der Waals surface area contributed by atoms with Gasteiger partial charge in [0, 0.05) is 10.2 Å². The first-order valence-electron chi connectivity index (χ1n) is 5.88. The smallest absolute Gasteiger partial charge is 0.341 e. The fraction of sp³-hybridized carbons (Fsp3) is 0.143. The maximum atomic E-state index is 13.2. The average Bonchev–Trinajstić information content (AvgIpc) is 2.42. The minimum Gasteiger partial charge on any atom is -0.477 e. The molecule has 1 aromatic carbocycles. The van der Waals surface area contributed by atoms with E-state index in [0.29, 0.717) is 15.7 Å². The van der Waals surface area contributed by atoms with Crippen LogP contribution >= 0.6 is 15.9 Å². The molecule has 2 aromatic rings. The van der Waals surface area contributed by atoms with Crippen molar-refractivity contribution in [2.75, 3.05) is 0 Å². The second kappa shape index (κ2) is 5.77. The highest BCUT2D eigenvalue weighted by atomic mass is 79.9. The summed E-state index contributed by atoms with van der Waals surface area (Å²) in [6.07, 6.45) is 0. The number of pyridine rings is 1. The second-order valence-corrected chi connectivity index (χ2v) is 5.29. The van der Waals surface area contributed by atoms with E-state index < -0.39 is 28.7 Å². The summed E-state index contributed by atoms with van der Waals surface area (Å²) in [5.74, 6) is -3.35. The van der Waals surface area contributed by atoms with E-state index in [2.05, 4.69) is 15.9 Å². The van der Waals surface area contributed by atoms with E-state index in [9.17, 15) is 18.4 Å². The van der Waals surface area contributed by atoms with Gasteiger partial charge in [0.25, 0.3) is 5.56 Å². The number of hydrogen-bond donors (Lipinski definition) is 1. The van der Waals surface area contributed by atoms with Gasteiger partial charge in [-0.1, -0.05) is 6.07 Å². The molecular weight excluding hydrogens is 348 g/mol. The van der Waals surface area contributed by atoms with Crippen LogP contribution in [0.15, 0.2) is 33.5 Å². The number of halogens is 3. The normalized spacial score (nSPS) is 10.7. The van der Waals surface area contributed by atoms with Crippen molar-refractivity contribution in [1.29, 1.82) is 0 Å². The SMILES string of the molecule is Cc1c(Br)cc(C(=O)O)c(=O)n1Cc1ccc(F)c(F)c1. The van der Waals surface area contributed by atoms with Crippen molar-refractivity contribution in [3.8, 4) is 0 Å². The van der Waals surface area contributed by atoms with Crippen LogP contribution in [-0.2, 0) is 6.54 Å². The molecule has 0 aliphatic carbocycles. The molecule has 0 saturated carbocycles. The van der Waals surface area contributed by atoms with Crippen LogP contribution in [0.25, 0.3) is 0 Å². The van der Waals surface area contributed by atoms with E-state index in [0.717, 1.165) is 12.1 Å². The fourth-order valence-electron chi connectivity index (χ4n) is 1.88. The molecule has 1 heterocycles. The molecule has 0 fully saturated rings. The minimum absolute atomic E-state index is 0.0540. The van der Waals surface area contributed by atoms with Crippen LogP contribution in [0, 0.1) is 18.6 Å². The molecule has 0 aliphatic rings. The van der Waals surface area contributed by atoms with Crippen molar-refractivity contribution >= 4 is 21.9 Å². The maximum Gasteiger partial charge on any atom is 0.341 e. The highest BCUT2D eigenvalue weighted by Crippen LogP contribution is 2.17. The lowest BCUT2D eigenvalue weighted by atomic mass is 10.2. The average molecular weight is 358 g/mol. The molecule has 21 heavy (non-hydrogen) atoms. The van der Waals surface area contributed by atoms with Crippen molar-refractivity contribution in [2.24, 2.45) is 0 Å². The molecule has 0 spiro atoms. The number of aromatic carboxylic acids is 1. The number of carboxylic acid groups (broad SMARTS) is 1. The number of rotatable bonds is 3. The molecule has 1 N–H and O–H groups in total. The zero-order valence-electron chi connectivity index (χ0n) is 10.9. The van der Waals surface area contributed by atoms with E-state index in [1.165, 1.54) is 16.7 Å². The Hall–Kier alpha value is -2.02. The Kier molecular flexibility index (Phi) is 4.22. The summed E-state index contributed by atoms with van der Waals surface area (Å²) in [5.41, 5.74) is -0.244. The van der Waals surface area contributed by atoms with Gasteiger partial charge in [0.2, 0.25) is 0 Å². The largest absolute Gasteiger partial charge is 0.477 e. The predicted octanol–water partition coefficient (Wildman–Crippen LogP) is 2.94. The van der Waals surface area contributed by atoms with E-state index in [1.807, 2.05) is 0 Å². The Balaban J connectivity index is 2.55. The Morgan fingerprint density at radius 2 is 1.95 bits per heavy atom. The van der Waals surface area contributed by atoms with E-state index in [4.69, 9.17) is 5.11 Å². The summed E-state index contributed by atoms with van der Waals surface area (Å²) in [4.78, 5) is 23.2. The molecule has 0 aliphatic heterocycles. The first-order chi connectivity index (χ1) is 9.81. The molecule has 0 amide bonds. The number of aromatic nitrogens is 1. The quantitative estimate of drug-likeness (QED) is 0.918. The number of carbonyl (C=O) groups is 1. The van der Waals surface area contributed by atoms with Gasteiger partial charge in [-0.25, -0.2) is 13.6 Å². The van der Waals surface area contributed by atoms with Gasteiger partial charge < -0.3 is 9.67 Å². The van der Waals surface area contributed by atoms with Crippen molar-refractivity contribution in [2.45, 2.75) is 13.5 Å². The Morgan fingerprint density at radius 3 is 2.52 bits per heavy atom. The van der Waals surface area contributed by atoms with Gasteiger partial charge in [-0.15, -0.1) is 0 Å². The first kappa shape index (κ1) is 15.4. The zero-order chi connectivity index (χ0) is 15.7. The van der Waals surface area contributed by atoms with Gasteiger partial charge in [0.1, 0.15) is 5.56 Å². The first-order valence-corrected chi connectivity index (χ1v) is 6.67. The number of carboxylic acids is 1. The van der Waals surface area contributed by atoms with Crippen LogP contribution in [0.5, 0.6) is 0 Å². The van der Waals surface area contributed by atoms with Crippen LogP contribution in [0.4, 0.5) is 8.78 Å². The lowest BCUT2D eigenvalue weighted by Crippen LogP contribution is -2.28. The van der Waals surface area contributed by atoms with E-state index in [1.54, 1.807) is 6.92 Å². The van der Waals surface area contributed by atoms with Crippen molar-refractivity contribution in [3.63, 3.8) is 0 Å². The second-order valence-electron chi connectivity index (χ2n) is 4.44. The lowest BCUT2D eigenvalue weighted by Gasteiger charge is -2.13. The van der Waals surface area contributed by atoms with Gasteiger partial charge in [0.15, 0.2) is 11.6 Å². The molecule has 0 unspecified atom stereocenters. The van der Waals surface area contributed by atoms with Crippen molar-refractivity contribution in [3.05, 3.63) is 67.5 Å². The van der Waals surface area contributed by atoms with Gasteiger partial charge in [-0.2, -0.15) is 0 Å². The zero-order valence-corrected chi connectivity index (χ0v) is 12.4. The summed E-state index contributed by atoms with van der Waals surface area (Å²) in [6, 6.07) is 4.50. The van der Waals surface area contributed by atoms with Crippen LogP contribution in [0.1, 0.15) is 21.6 Å². The summed E-state index contributed by atoms with van der Waals surface area (Å²) in [7, 11) is 0. The number of hydrogen-bond acceptors (Lipinski definition) is 2. The molecule has 2 rings (SSSR count). The third-order valence-electron chi connectivity index (χ3n) is 3.05. The molecule has 0 saturated heterocycles. The van der Waals surface area contributed by atoms with E-state index in [-0.39, 0.29) is 6.54 Å². The third-order valence-corrected chi connectivity index (χ3v) is 3.85. The van der Waals surface area contributed by atoms with Gasteiger partial charge in [-0.3, -0.25) is 4.79 Å². The molecule has 110 valence electrons. The topological polar surface area (TPSA) is 59.3 Å². The summed E-state index contributed by atoms with van der Waals surface area (Å²) in [6.45, 7) is 1.57. The third kappa shape index (κ3) is 3.02. The molecule has 1 aromatic heterocycles. The van der Waals surface area contributed by atoms with E-state index >= 15 is 0 Å². The summed E-state index contributed by atoms with van der Waals surface area (Å²) < 4.78 is 27.7. The molecule has 0 atom stereocenters. The summed E-state index contributed by atoms with van der Waals surface area (Å²) in [5, 5.41) is 9.01. The van der Waals surface area contributed by atoms with Gasteiger partial charge in [0.05, 0.1) is 6.54 Å². The van der Waals surface area contributed by atoms with Gasteiger partial charge >= 0.3 is 5.97 Å². The lowest BCUT2D eigenvalue weighted by molar-refractivity contribution is 0.0694. The van der Waals surface area contributed by atoms with Crippen LogP contribution in [0.2, 0.25) is 0 Å². The minimum atomic E-state index is -1.35. The highest BCUT2D eigenvalue weighted by Gasteiger charge is 2.16. The van der Waals surface area contributed by atoms with Crippen LogP contribution in [-0.4, -0.2) is 15.6 Å². The monoisotopic (exact) mass is 357 g/mol. The highest BCUT2D eigenvalue weighted by molar-refractivity contribution is 9.10. The van der Waals surface area contributed by atoms with Crippen LogP contribution < -0.4 is 5.56 Å². The molecule has 4 nitrogen and oxygen atoms in total. The standard InChI is InChI=1S/C14H10BrF2NO3/c1-7-10(15)5-9(14(20)21)13(19)18(7)6-8-2-3-11(16)12(17)4-8/h2-5H,6H2,1H3,(H,20,21). The predicted molar refractivity (Wildman–Crippen MR) is 75.6 cm³/mol.